The van der Waals surface area contributed by atoms with Crippen LogP contribution in [0.15, 0.2) is 16.9 Å². The van der Waals surface area contributed by atoms with Crippen molar-refractivity contribution in [3.05, 3.63) is 22.5 Å². The predicted octanol–water partition coefficient (Wildman–Crippen LogP) is 0.590. The number of H-pyrrole nitrogens is 1. The number of aromatic amines is 1. The highest BCUT2D eigenvalue weighted by atomic mass is 16.1. The Balaban J connectivity index is 2.74. The minimum atomic E-state index is -0.181. The third kappa shape index (κ3) is 2.41. The van der Waals surface area contributed by atoms with E-state index < -0.39 is 0 Å². The van der Waals surface area contributed by atoms with Crippen molar-refractivity contribution in [2.24, 2.45) is 0 Å². The minimum absolute atomic E-state index is 0.181. The molecule has 0 atom stereocenters. The van der Waals surface area contributed by atoms with Crippen LogP contribution < -0.4 is 10.9 Å². The van der Waals surface area contributed by atoms with Crippen LogP contribution in [0.3, 0.4) is 0 Å². The highest BCUT2D eigenvalue weighted by molar-refractivity contribution is 5.32. The van der Waals surface area contributed by atoms with E-state index in [4.69, 9.17) is 0 Å². The van der Waals surface area contributed by atoms with Gasteiger partial charge in [0.15, 0.2) is 0 Å². The molecule has 1 aromatic heterocycles. The maximum atomic E-state index is 10.6. The fraction of sp³-hybridized carbons (Fsp3) is 0.429. The second-order valence-electron chi connectivity index (χ2n) is 2.61. The van der Waals surface area contributed by atoms with Gasteiger partial charge in [0, 0.05) is 12.1 Å². The van der Waals surface area contributed by atoms with Crippen molar-refractivity contribution in [3.63, 3.8) is 0 Å². The first-order valence-electron chi connectivity index (χ1n) is 3.51. The third-order valence-corrected chi connectivity index (χ3v) is 1.12. The first kappa shape index (κ1) is 7.78. The van der Waals surface area contributed by atoms with Gasteiger partial charge in [-0.3, -0.25) is 4.79 Å². The summed E-state index contributed by atoms with van der Waals surface area (Å²) in [6.07, 6.45) is 0. The Morgan fingerprint density at radius 2 is 2.27 bits per heavy atom. The van der Waals surface area contributed by atoms with Gasteiger partial charge in [0.1, 0.15) is 5.82 Å². The molecule has 1 rings (SSSR count). The first-order chi connectivity index (χ1) is 5.18. The molecule has 1 heterocycles. The van der Waals surface area contributed by atoms with E-state index in [1.165, 1.54) is 6.07 Å². The van der Waals surface area contributed by atoms with Crippen LogP contribution >= 0.6 is 0 Å². The van der Waals surface area contributed by atoms with Gasteiger partial charge in [-0.1, -0.05) is 0 Å². The van der Waals surface area contributed by atoms with Crippen LogP contribution in [0.4, 0.5) is 5.82 Å². The zero-order chi connectivity index (χ0) is 8.27. The molecule has 11 heavy (non-hydrogen) atoms. The van der Waals surface area contributed by atoms with Crippen LogP contribution in [0.2, 0.25) is 0 Å². The SMILES string of the molecule is CC(C)Nc1ccc(=O)[nH]n1. The fourth-order valence-corrected chi connectivity index (χ4v) is 0.721. The second kappa shape index (κ2) is 3.18. The Morgan fingerprint density at radius 3 is 2.73 bits per heavy atom. The minimum Gasteiger partial charge on any atom is -0.366 e. The molecule has 0 amide bonds. The molecule has 0 aliphatic rings. The first-order valence-corrected chi connectivity index (χ1v) is 3.51. The molecule has 0 fully saturated rings. The summed E-state index contributed by atoms with van der Waals surface area (Å²) in [5, 5.41) is 9.16. The molecule has 0 aromatic carbocycles. The summed E-state index contributed by atoms with van der Waals surface area (Å²) in [5.74, 6) is 0.694. The summed E-state index contributed by atoms with van der Waals surface area (Å²) >= 11 is 0. The largest absolute Gasteiger partial charge is 0.366 e. The number of hydrogen-bond donors (Lipinski definition) is 2. The van der Waals surface area contributed by atoms with E-state index in [0.29, 0.717) is 11.9 Å². The normalized spacial score (nSPS) is 10.1. The molecule has 0 aliphatic carbocycles. The summed E-state index contributed by atoms with van der Waals surface area (Å²) in [5.41, 5.74) is -0.181. The van der Waals surface area contributed by atoms with Gasteiger partial charge in [-0.05, 0) is 19.9 Å². The summed E-state index contributed by atoms with van der Waals surface area (Å²) < 4.78 is 0. The van der Waals surface area contributed by atoms with Crippen molar-refractivity contribution < 1.29 is 0 Å². The quantitative estimate of drug-likeness (QED) is 0.653. The predicted molar refractivity (Wildman–Crippen MR) is 43.6 cm³/mol. The zero-order valence-corrected chi connectivity index (χ0v) is 6.59. The van der Waals surface area contributed by atoms with Gasteiger partial charge in [-0.2, -0.15) is 5.10 Å². The highest BCUT2D eigenvalue weighted by Crippen LogP contribution is 1.97. The van der Waals surface area contributed by atoms with Gasteiger partial charge >= 0.3 is 0 Å². The molecular formula is C7H11N3O. The lowest BCUT2D eigenvalue weighted by Gasteiger charge is -2.06. The van der Waals surface area contributed by atoms with Crippen molar-refractivity contribution >= 4 is 5.82 Å². The van der Waals surface area contributed by atoms with E-state index in [-0.39, 0.29) is 5.56 Å². The number of rotatable bonds is 2. The average molecular weight is 153 g/mol. The van der Waals surface area contributed by atoms with E-state index in [2.05, 4.69) is 15.5 Å². The summed E-state index contributed by atoms with van der Waals surface area (Å²) in [6, 6.07) is 3.42. The molecule has 1 aromatic rings. The summed E-state index contributed by atoms with van der Waals surface area (Å²) in [6.45, 7) is 4.01. The van der Waals surface area contributed by atoms with Gasteiger partial charge in [0.2, 0.25) is 0 Å². The van der Waals surface area contributed by atoms with Crippen LogP contribution in [0.5, 0.6) is 0 Å². The van der Waals surface area contributed by atoms with Crippen molar-refractivity contribution in [3.8, 4) is 0 Å². The Labute approximate surface area is 64.6 Å². The average Bonchev–Trinajstić information content (AvgIpc) is 1.93. The van der Waals surface area contributed by atoms with Crippen LogP contribution in [-0.4, -0.2) is 16.2 Å². The number of anilines is 1. The Kier molecular flexibility index (Phi) is 2.25. The fourth-order valence-electron chi connectivity index (χ4n) is 0.721. The Hall–Kier alpha value is -1.32. The molecule has 0 unspecified atom stereocenters. The molecule has 0 saturated carbocycles. The standard InChI is InChI=1S/C7H11N3O/c1-5(2)8-6-3-4-7(11)10-9-6/h3-5H,1-2H3,(H,8,9)(H,10,11). The van der Waals surface area contributed by atoms with Gasteiger partial charge < -0.3 is 5.32 Å². The molecule has 4 nitrogen and oxygen atoms in total. The van der Waals surface area contributed by atoms with Gasteiger partial charge in [0.05, 0.1) is 0 Å². The lowest BCUT2D eigenvalue weighted by atomic mass is 10.4. The molecule has 4 heteroatoms. The van der Waals surface area contributed by atoms with Gasteiger partial charge in [-0.25, -0.2) is 5.10 Å². The van der Waals surface area contributed by atoms with Crippen LogP contribution in [0.25, 0.3) is 0 Å². The molecule has 0 saturated heterocycles. The molecule has 2 N–H and O–H groups in total. The zero-order valence-electron chi connectivity index (χ0n) is 6.59. The van der Waals surface area contributed by atoms with Crippen molar-refractivity contribution in [1.29, 1.82) is 0 Å². The van der Waals surface area contributed by atoms with Crippen LogP contribution in [0, 0.1) is 0 Å². The summed E-state index contributed by atoms with van der Waals surface area (Å²) in [7, 11) is 0. The van der Waals surface area contributed by atoms with E-state index in [1.807, 2.05) is 13.8 Å². The maximum Gasteiger partial charge on any atom is 0.264 e. The smallest absolute Gasteiger partial charge is 0.264 e. The van der Waals surface area contributed by atoms with E-state index in [1.54, 1.807) is 6.07 Å². The molecular weight excluding hydrogens is 142 g/mol. The maximum absolute atomic E-state index is 10.6. The second-order valence-corrected chi connectivity index (χ2v) is 2.61. The van der Waals surface area contributed by atoms with Crippen LogP contribution in [-0.2, 0) is 0 Å². The Bertz CT molecular complexity index is 259. The highest BCUT2D eigenvalue weighted by Gasteiger charge is 1.94. The van der Waals surface area contributed by atoms with Crippen molar-refractivity contribution in [2.45, 2.75) is 19.9 Å². The molecule has 0 radical (unpaired) electrons. The third-order valence-electron chi connectivity index (χ3n) is 1.12. The lowest BCUT2D eigenvalue weighted by Crippen LogP contribution is -2.14. The van der Waals surface area contributed by atoms with E-state index in [9.17, 15) is 4.79 Å². The van der Waals surface area contributed by atoms with E-state index >= 15 is 0 Å². The number of nitrogens with zero attached hydrogens (tertiary/aromatic N) is 1. The molecule has 0 bridgehead atoms. The van der Waals surface area contributed by atoms with Crippen LogP contribution in [0.1, 0.15) is 13.8 Å². The lowest BCUT2D eigenvalue weighted by molar-refractivity contribution is 0.868. The number of hydrogen-bond acceptors (Lipinski definition) is 3. The number of aromatic nitrogens is 2. The van der Waals surface area contributed by atoms with Gasteiger partial charge in [0.25, 0.3) is 5.56 Å². The van der Waals surface area contributed by atoms with Gasteiger partial charge in [-0.15, -0.1) is 0 Å². The molecule has 0 spiro atoms. The number of nitrogens with one attached hydrogen (secondary N) is 2. The topological polar surface area (TPSA) is 57.8 Å². The van der Waals surface area contributed by atoms with Crippen molar-refractivity contribution in [1.82, 2.24) is 10.2 Å². The summed E-state index contributed by atoms with van der Waals surface area (Å²) in [4.78, 5) is 10.6. The van der Waals surface area contributed by atoms with E-state index in [0.717, 1.165) is 0 Å². The monoisotopic (exact) mass is 153 g/mol. The Morgan fingerprint density at radius 1 is 1.55 bits per heavy atom. The van der Waals surface area contributed by atoms with Crippen molar-refractivity contribution in [2.75, 3.05) is 5.32 Å². The molecule has 60 valence electrons. The molecule has 0 aliphatic heterocycles.